The highest BCUT2D eigenvalue weighted by Crippen LogP contribution is 2.36. The van der Waals surface area contributed by atoms with Gasteiger partial charge in [0.1, 0.15) is 10.8 Å². The van der Waals surface area contributed by atoms with Gasteiger partial charge in [0.05, 0.1) is 12.4 Å². The lowest BCUT2D eigenvalue weighted by Gasteiger charge is -2.41. The fourth-order valence-electron chi connectivity index (χ4n) is 3.37. The van der Waals surface area contributed by atoms with Gasteiger partial charge in [0.25, 0.3) is 5.91 Å². The van der Waals surface area contributed by atoms with Crippen LogP contribution in [-0.2, 0) is 0 Å². The van der Waals surface area contributed by atoms with Gasteiger partial charge < -0.3 is 4.90 Å². The Morgan fingerprint density at radius 1 is 1.16 bits per heavy atom. The van der Waals surface area contributed by atoms with Crippen molar-refractivity contribution in [2.75, 3.05) is 13.1 Å². The van der Waals surface area contributed by atoms with E-state index in [9.17, 15) is 4.79 Å². The Morgan fingerprint density at radius 2 is 1.95 bits per heavy atom. The molecule has 0 N–H and O–H groups in total. The van der Waals surface area contributed by atoms with Crippen LogP contribution in [0.5, 0.6) is 0 Å². The van der Waals surface area contributed by atoms with Crippen LogP contribution in [0.3, 0.4) is 0 Å². The molecule has 1 amide bonds. The molecule has 1 aliphatic carbocycles. The molecule has 2 heterocycles. The average Bonchev–Trinajstić information content (AvgIpc) is 2.47. The first-order valence-electron chi connectivity index (χ1n) is 7.01. The number of hydrogen-bond acceptors (Lipinski definition) is 3. The fourth-order valence-corrected chi connectivity index (χ4v) is 3.47. The Labute approximate surface area is 118 Å². The van der Waals surface area contributed by atoms with Gasteiger partial charge in [0.2, 0.25) is 0 Å². The van der Waals surface area contributed by atoms with Gasteiger partial charge in [0.15, 0.2) is 0 Å². The number of fused-ring (bicyclic) bond motifs is 1. The van der Waals surface area contributed by atoms with Gasteiger partial charge in [-0.25, -0.2) is 9.97 Å². The van der Waals surface area contributed by atoms with Crippen molar-refractivity contribution in [3.8, 4) is 0 Å². The van der Waals surface area contributed by atoms with Gasteiger partial charge in [-0.2, -0.15) is 0 Å². The number of hydrogen-bond donors (Lipinski definition) is 0. The molecule has 2 atom stereocenters. The molecule has 1 aliphatic heterocycles. The first kappa shape index (κ1) is 12.9. The first-order chi connectivity index (χ1) is 9.24. The minimum absolute atomic E-state index is 0.00631. The summed E-state index contributed by atoms with van der Waals surface area (Å²) in [7, 11) is 0. The van der Waals surface area contributed by atoms with Crippen molar-refractivity contribution in [2.45, 2.75) is 32.1 Å². The van der Waals surface area contributed by atoms with Crippen molar-refractivity contribution in [2.24, 2.45) is 11.8 Å². The van der Waals surface area contributed by atoms with E-state index in [4.69, 9.17) is 11.6 Å². The molecule has 1 aromatic rings. The quantitative estimate of drug-likeness (QED) is 0.794. The molecule has 0 radical (unpaired) electrons. The Kier molecular flexibility index (Phi) is 3.69. The molecule has 1 aromatic heterocycles. The second kappa shape index (κ2) is 5.45. The van der Waals surface area contributed by atoms with E-state index < -0.39 is 0 Å². The van der Waals surface area contributed by atoms with E-state index in [0.29, 0.717) is 16.8 Å². The van der Waals surface area contributed by atoms with Crippen molar-refractivity contribution < 1.29 is 4.79 Å². The molecule has 0 bridgehead atoms. The van der Waals surface area contributed by atoms with Gasteiger partial charge in [-0.05, 0) is 24.7 Å². The fraction of sp³-hybridized carbons (Fsp3) is 0.643. The third-order valence-corrected chi connectivity index (χ3v) is 4.61. The maximum atomic E-state index is 12.4. The molecule has 1 saturated carbocycles. The lowest BCUT2D eigenvalue weighted by Crippen LogP contribution is -2.45. The van der Waals surface area contributed by atoms with E-state index in [1.165, 1.54) is 38.1 Å². The van der Waals surface area contributed by atoms with E-state index in [1.807, 2.05) is 4.90 Å². The van der Waals surface area contributed by atoms with E-state index in [0.717, 1.165) is 25.4 Å². The second-order valence-electron chi connectivity index (χ2n) is 5.57. The summed E-state index contributed by atoms with van der Waals surface area (Å²) in [6.07, 6.45) is 9.31. The molecule has 19 heavy (non-hydrogen) atoms. The molecule has 3 rings (SSSR count). The van der Waals surface area contributed by atoms with Gasteiger partial charge in [-0.3, -0.25) is 4.79 Å². The summed E-state index contributed by atoms with van der Waals surface area (Å²) in [5.74, 6) is 1.51. The SMILES string of the molecule is O=C(c1cnc(Cl)cn1)N1CCC2CCCCC2C1. The van der Waals surface area contributed by atoms with Crippen LogP contribution < -0.4 is 0 Å². The normalized spacial score (nSPS) is 26.9. The Hall–Kier alpha value is -1.16. The van der Waals surface area contributed by atoms with E-state index in [2.05, 4.69) is 9.97 Å². The van der Waals surface area contributed by atoms with Crippen molar-refractivity contribution in [1.29, 1.82) is 0 Å². The molecular formula is C14H18ClN3O. The summed E-state index contributed by atoms with van der Waals surface area (Å²) < 4.78 is 0. The number of aromatic nitrogens is 2. The van der Waals surface area contributed by atoms with Crippen molar-refractivity contribution >= 4 is 17.5 Å². The van der Waals surface area contributed by atoms with E-state index in [-0.39, 0.29) is 5.91 Å². The van der Waals surface area contributed by atoms with Gasteiger partial charge in [-0.15, -0.1) is 0 Å². The number of halogens is 1. The summed E-state index contributed by atoms with van der Waals surface area (Å²) in [4.78, 5) is 22.3. The van der Waals surface area contributed by atoms with Crippen LogP contribution in [0.4, 0.5) is 0 Å². The zero-order chi connectivity index (χ0) is 13.2. The third kappa shape index (κ3) is 2.73. The van der Waals surface area contributed by atoms with Crippen LogP contribution in [-0.4, -0.2) is 33.9 Å². The minimum Gasteiger partial charge on any atom is -0.337 e. The number of amides is 1. The number of piperidine rings is 1. The number of carbonyl (C=O) groups excluding carboxylic acids is 1. The maximum Gasteiger partial charge on any atom is 0.274 e. The van der Waals surface area contributed by atoms with Gasteiger partial charge >= 0.3 is 0 Å². The summed E-state index contributed by atoms with van der Waals surface area (Å²) in [5, 5.41) is 0.322. The average molecular weight is 280 g/mol. The standard InChI is InChI=1S/C14H18ClN3O/c15-13-8-16-12(7-17-13)14(19)18-6-5-10-3-1-2-4-11(10)9-18/h7-8,10-11H,1-6,9H2. The number of rotatable bonds is 1. The molecule has 2 fully saturated rings. The van der Waals surface area contributed by atoms with E-state index >= 15 is 0 Å². The maximum absolute atomic E-state index is 12.4. The Balaban J connectivity index is 1.69. The van der Waals surface area contributed by atoms with Crippen LogP contribution in [0.1, 0.15) is 42.6 Å². The molecule has 2 unspecified atom stereocenters. The molecule has 5 heteroatoms. The number of likely N-dealkylation sites (tertiary alicyclic amines) is 1. The topological polar surface area (TPSA) is 46.1 Å². The predicted molar refractivity (Wildman–Crippen MR) is 73.0 cm³/mol. The lowest BCUT2D eigenvalue weighted by molar-refractivity contribution is 0.0515. The third-order valence-electron chi connectivity index (χ3n) is 4.42. The highest BCUT2D eigenvalue weighted by Gasteiger charge is 2.33. The highest BCUT2D eigenvalue weighted by molar-refractivity contribution is 6.29. The number of nitrogens with zero attached hydrogens (tertiary/aromatic N) is 3. The van der Waals surface area contributed by atoms with E-state index in [1.54, 1.807) is 0 Å². The second-order valence-corrected chi connectivity index (χ2v) is 5.96. The molecular weight excluding hydrogens is 262 g/mol. The van der Waals surface area contributed by atoms with Gasteiger partial charge in [0, 0.05) is 13.1 Å². The molecule has 0 aromatic carbocycles. The van der Waals surface area contributed by atoms with Crippen LogP contribution >= 0.6 is 11.6 Å². The number of carbonyl (C=O) groups is 1. The highest BCUT2D eigenvalue weighted by atomic mass is 35.5. The summed E-state index contributed by atoms with van der Waals surface area (Å²) in [6.45, 7) is 1.73. The van der Waals surface area contributed by atoms with Crippen LogP contribution in [0.15, 0.2) is 12.4 Å². The van der Waals surface area contributed by atoms with Crippen molar-refractivity contribution in [3.63, 3.8) is 0 Å². The smallest absolute Gasteiger partial charge is 0.274 e. The predicted octanol–water partition coefficient (Wildman–Crippen LogP) is 2.78. The van der Waals surface area contributed by atoms with Gasteiger partial charge in [-0.1, -0.05) is 30.9 Å². The molecule has 2 aliphatic rings. The Morgan fingerprint density at radius 3 is 2.68 bits per heavy atom. The van der Waals surface area contributed by atoms with Crippen molar-refractivity contribution in [1.82, 2.24) is 14.9 Å². The molecule has 102 valence electrons. The summed E-state index contributed by atoms with van der Waals surface area (Å²) in [6, 6.07) is 0. The minimum atomic E-state index is -0.00631. The van der Waals surface area contributed by atoms with Crippen LogP contribution in [0.2, 0.25) is 5.15 Å². The monoisotopic (exact) mass is 279 g/mol. The molecule has 0 spiro atoms. The molecule has 1 saturated heterocycles. The zero-order valence-electron chi connectivity index (χ0n) is 10.9. The summed E-state index contributed by atoms with van der Waals surface area (Å²) >= 11 is 5.69. The van der Waals surface area contributed by atoms with Crippen LogP contribution in [0.25, 0.3) is 0 Å². The summed E-state index contributed by atoms with van der Waals surface area (Å²) in [5.41, 5.74) is 0.402. The first-order valence-corrected chi connectivity index (χ1v) is 7.38. The molecule has 4 nitrogen and oxygen atoms in total. The van der Waals surface area contributed by atoms with Crippen molar-refractivity contribution in [3.05, 3.63) is 23.2 Å². The Bertz CT molecular complexity index is 462. The largest absolute Gasteiger partial charge is 0.337 e. The zero-order valence-corrected chi connectivity index (χ0v) is 11.6. The lowest BCUT2D eigenvalue weighted by atomic mass is 9.75. The van der Waals surface area contributed by atoms with Crippen LogP contribution in [0, 0.1) is 11.8 Å².